The molecule has 4 aromatic rings. The minimum absolute atomic E-state index is 0.105. The molecule has 6 heteroatoms. The second-order valence-corrected chi connectivity index (χ2v) is 7.27. The lowest BCUT2D eigenvalue weighted by Gasteiger charge is -2.18. The Morgan fingerprint density at radius 2 is 2.04 bits per heavy atom. The van der Waals surface area contributed by atoms with Crippen molar-refractivity contribution in [2.45, 2.75) is 25.8 Å². The van der Waals surface area contributed by atoms with Gasteiger partial charge in [0.1, 0.15) is 5.58 Å². The van der Waals surface area contributed by atoms with Crippen molar-refractivity contribution in [1.82, 2.24) is 15.3 Å². The van der Waals surface area contributed by atoms with Gasteiger partial charge >= 0.3 is 0 Å². The number of imidazole rings is 1. The molecule has 1 amide bonds. The van der Waals surface area contributed by atoms with Crippen LogP contribution in [-0.4, -0.2) is 21.9 Å². The third-order valence-corrected chi connectivity index (χ3v) is 5.02. The first-order valence-corrected chi connectivity index (χ1v) is 9.48. The van der Waals surface area contributed by atoms with Gasteiger partial charge in [0, 0.05) is 40.3 Å². The Morgan fingerprint density at radius 1 is 1.21 bits per heavy atom. The highest BCUT2D eigenvalue weighted by Crippen LogP contribution is 2.28. The van der Waals surface area contributed by atoms with Crippen molar-refractivity contribution in [3.05, 3.63) is 88.7 Å². The number of aryl methyl sites for hydroxylation is 1. The number of H-pyrrole nitrogens is 1. The average molecular weight is 394 g/mol. The fourth-order valence-electron chi connectivity index (χ4n) is 3.40. The molecule has 1 atom stereocenters. The molecule has 0 aliphatic heterocycles. The molecule has 142 valence electrons. The number of hydrogen-bond donors (Lipinski definition) is 2. The molecule has 2 aromatic heterocycles. The number of halogens is 1. The zero-order valence-electron chi connectivity index (χ0n) is 15.4. The summed E-state index contributed by atoms with van der Waals surface area (Å²) in [5, 5.41) is 4.59. The largest absolute Gasteiger partial charge is 0.451 e. The summed E-state index contributed by atoms with van der Waals surface area (Å²) in [7, 11) is 0. The first kappa shape index (κ1) is 18.3. The van der Waals surface area contributed by atoms with E-state index < -0.39 is 0 Å². The van der Waals surface area contributed by atoms with E-state index in [4.69, 9.17) is 16.0 Å². The van der Waals surface area contributed by atoms with Crippen LogP contribution >= 0.6 is 11.6 Å². The van der Waals surface area contributed by atoms with Crippen molar-refractivity contribution < 1.29 is 9.21 Å². The molecule has 0 bridgehead atoms. The average Bonchev–Trinajstić information content (AvgIpc) is 3.31. The minimum Gasteiger partial charge on any atom is -0.451 e. The van der Waals surface area contributed by atoms with E-state index in [1.165, 1.54) is 0 Å². The van der Waals surface area contributed by atoms with Gasteiger partial charge in [0.05, 0.1) is 6.33 Å². The van der Waals surface area contributed by atoms with Crippen LogP contribution in [0.5, 0.6) is 0 Å². The summed E-state index contributed by atoms with van der Waals surface area (Å²) in [6, 6.07) is 15.3. The SMILES string of the molecule is Cc1c(C(=O)N[C@H](Cc2ccccc2)Cc2cnc[nH]2)oc2ccc(Cl)cc12. The monoisotopic (exact) mass is 393 g/mol. The van der Waals surface area contributed by atoms with E-state index >= 15 is 0 Å². The van der Waals surface area contributed by atoms with E-state index in [0.717, 1.165) is 22.2 Å². The van der Waals surface area contributed by atoms with Gasteiger partial charge in [-0.2, -0.15) is 0 Å². The third-order valence-electron chi connectivity index (χ3n) is 4.79. The van der Waals surface area contributed by atoms with Gasteiger partial charge < -0.3 is 14.7 Å². The maximum absolute atomic E-state index is 13.0. The van der Waals surface area contributed by atoms with Crippen molar-refractivity contribution in [2.24, 2.45) is 0 Å². The number of furan rings is 1. The Labute approximate surface area is 167 Å². The van der Waals surface area contributed by atoms with Gasteiger partial charge in [0.2, 0.25) is 0 Å². The Kier molecular flexibility index (Phi) is 5.17. The third kappa shape index (κ3) is 3.94. The lowest BCUT2D eigenvalue weighted by molar-refractivity contribution is 0.0910. The standard InChI is InChI=1S/C22H20ClN3O2/c1-14-19-10-16(23)7-8-20(19)28-21(14)22(27)26-17(11-18-12-24-13-25-18)9-15-5-3-2-4-6-15/h2-8,10,12-13,17H,9,11H2,1H3,(H,24,25)(H,26,27)/t17-/m1/s1. The maximum Gasteiger partial charge on any atom is 0.287 e. The van der Waals surface area contributed by atoms with Gasteiger partial charge in [0.15, 0.2) is 5.76 Å². The van der Waals surface area contributed by atoms with Crippen molar-refractivity contribution in [3.8, 4) is 0 Å². The molecule has 28 heavy (non-hydrogen) atoms. The van der Waals surface area contributed by atoms with Gasteiger partial charge in [-0.15, -0.1) is 0 Å². The van der Waals surface area contributed by atoms with Crippen molar-refractivity contribution in [2.75, 3.05) is 0 Å². The van der Waals surface area contributed by atoms with Crippen LogP contribution in [-0.2, 0) is 12.8 Å². The van der Waals surface area contributed by atoms with Gasteiger partial charge in [-0.25, -0.2) is 4.98 Å². The van der Waals surface area contributed by atoms with Gasteiger partial charge in [-0.05, 0) is 37.1 Å². The number of nitrogens with zero attached hydrogens (tertiary/aromatic N) is 1. The zero-order chi connectivity index (χ0) is 19.5. The van der Waals surface area contributed by atoms with E-state index in [2.05, 4.69) is 27.4 Å². The summed E-state index contributed by atoms with van der Waals surface area (Å²) in [5.41, 5.74) is 3.56. The molecule has 0 radical (unpaired) electrons. The molecular weight excluding hydrogens is 374 g/mol. The van der Waals surface area contributed by atoms with E-state index in [0.29, 0.717) is 29.2 Å². The molecule has 4 rings (SSSR count). The summed E-state index contributed by atoms with van der Waals surface area (Å²) >= 11 is 6.08. The first-order chi connectivity index (χ1) is 13.6. The number of benzene rings is 2. The molecule has 0 unspecified atom stereocenters. The molecule has 5 nitrogen and oxygen atoms in total. The maximum atomic E-state index is 13.0. The quantitative estimate of drug-likeness (QED) is 0.498. The van der Waals surface area contributed by atoms with Crippen molar-refractivity contribution in [1.29, 1.82) is 0 Å². The number of nitrogens with one attached hydrogen (secondary N) is 2. The Hall–Kier alpha value is -3.05. The normalized spacial score (nSPS) is 12.2. The van der Waals surface area contributed by atoms with Crippen LogP contribution in [0.25, 0.3) is 11.0 Å². The smallest absolute Gasteiger partial charge is 0.287 e. The van der Waals surface area contributed by atoms with E-state index in [-0.39, 0.29) is 11.9 Å². The number of carbonyl (C=O) groups is 1. The van der Waals surface area contributed by atoms with E-state index in [9.17, 15) is 4.79 Å². The fourth-order valence-corrected chi connectivity index (χ4v) is 3.57. The van der Waals surface area contributed by atoms with Crippen LogP contribution in [0.2, 0.25) is 5.02 Å². The van der Waals surface area contributed by atoms with Gasteiger partial charge in [0.25, 0.3) is 5.91 Å². The first-order valence-electron chi connectivity index (χ1n) is 9.11. The predicted octanol–water partition coefficient (Wildman–Crippen LogP) is 4.70. The zero-order valence-corrected chi connectivity index (χ0v) is 16.2. The summed E-state index contributed by atoms with van der Waals surface area (Å²) in [4.78, 5) is 20.2. The number of fused-ring (bicyclic) bond motifs is 1. The molecule has 0 saturated heterocycles. The fraction of sp³-hybridized carbons (Fsp3) is 0.182. The lowest BCUT2D eigenvalue weighted by Crippen LogP contribution is -2.38. The number of hydrogen-bond acceptors (Lipinski definition) is 3. The van der Waals surface area contributed by atoms with E-state index in [1.807, 2.05) is 31.2 Å². The minimum atomic E-state index is -0.231. The molecule has 2 aromatic carbocycles. The van der Waals surface area contributed by atoms with Gasteiger partial charge in [-0.1, -0.05) is 41.9 Å². The van der Waals surface area contributed by atoms with Crippen LogP contribution in [0.3, 0.4) is 0 Å². The van der Waals surface area contributed by atoms with Crippen LogP contribution in [0, 0.1) is 6.92 Å². The van der Waals surface area contributed by atoms with Crippen LogP contribution < -0.4 is 5.32 Å². The lowest BCUT2D eigenvalue weighted by atomic mass is 10.0. The summed E-state index contributed by atoms with van der Waals surface area (Å²) in [5.74, 6) is 0.0882. The topological polar surface area (TPSA) is 70.9 Å². The number of amides is 1. The summed E-state index contributed by atoms with van der Waals surface area (Å²) in [6.07, 6.45) is 4.77. The second kappa shape index (κ2) is 7.90. The molecule has 0 saturated carbocycles. The highest BCUT2D eigenvalue weighted by molar-refractivity contribution is 6.31. The molecule has 0 aliphatic carbocycles. The Bertz CT molecular complexity index is 1090. The highest BCUT2D eigenvalue weighted by atomic mass is 35.5. The van der Waals surface area contributed by atoms with Crippen LogP contribution in [0.4, 0.5) is 0 Å². The summed E-state index contributed by atoms with van der Waals surface area (Å²) in [6.45, 7) is 1.87. The molecule has 2 N–H and O–H groups in total. The Morgan fingerprint density at radius 3 is 2.79 bits per heavy atom. The Balaban J connectivity index is 1.58. The predicted molar refractivity (Wildman–Crippen MR) is 110 cm³/mol. The van der Waals surface area contributed by atoms with Crippen molar-refractivity contribution >= 4 is 28.5 Å². The molecular formula is C22H20ClN3O2. The van der Waals surface area contributed by atoms with Gasteiger partial charge in [-0.3, -0.25) is 4.79 Å². The highest BCUT2D eigenvalue weighted by Gasteiger charge is 2.21. The summed E-state index contributed by atoms with van der Waals surface area (Å²) < 4.78 is 5.81. The number of aromatic nitrogens is 2. The molecule has 0 aliphatic rings. The molecule has 0 fully saturated rings. The number of aromatic amines is 1. The van der Waals surface area contributed by atoms with E-state index in [1.54, 1.807) is 24.7 Å². The van der Waals surface area contributed by atoms with Crippen LogP contribution in [0.15, 0.2) is 65.5 Å². The molecule has 2 heterocycles. The second-order valence-electron chi connectivity index (χ2n) is 6.84. The van der Waals surface area contributed by atoms with Crippen LogP contribution in [0.1, 0.15) is 27.4 Å². The number of rotatable bonds is 6. The molecule has 0 spiro atoms. The number of carbonyl (C=O) groups excluding carboxylic acids is 1. The van der Waals surface area contributed by atoms with Crippen molar-refractivity contribution in [3.63, 3.8) is 0 Å².